The van der Waals surface area contributed by atoms with Gasteiger partial charge in [-0.15, -0.1) is 0 Å². The molecule has 1 N–H and O–H groups in total. The predicted molar refractivity (Wildman–Crippen MR) is 46.0 cm³/mol. The number of nitrogens with zero attached hydrogens (tertiary/aromatic N) is 1. The number of rotatable bonds is 1. The highest BCUT2D eigenvalue weighted by atomic mass is 79.9. The summed E-state index contributed by atoms with van der Waals surface area (Å²) in [5, 5.41) is 10.2. The predicted octanol–water partition coefficient (Wildman–Crippen LogP) is 2.41. The van der Waals surface area contributed by atoms with Crippen LogP contribution in [0.2, 0.25) is 0 Å². The molecule has 0 spiro atoms. The van der Waals surface area contributed by atoms with E-state index in [-0.39, 0.29) is 10.3 Å². The molecule has 0 aromatic carbocycles. The van der Waals surface area contributed by atoms with Crippen molar-refractivity contribution in [1.82, 2.24) is 4.98 Å². The highest BCUT2D eigenvalue weighted by Crippen LogP contribution is 2.14. The van der Waals surface area contributed by atoms with E-state index >= 15 is 0 Å². The third-order valence-electron chi connectivity index (χ3n) is 1.05. The maximum absolute atomic E-state index is 10.2. The Hall–Kier alpha value is -0.750. The average Bonchev–Trinajstić information content (AvgIpc) is 1.85. The average molecular weight is 235 g/mol. The number of nitro groups is 1. The van der Waals surface area contributed by atoms with E-state index in [0.717, 1.165) is 0 Å². The molecule has 1 heterocycles. The lowest BCUT2D eigenvalue weighted by Gasteiger charge is -1.91. The number of hydrogen-bond donors (Lipinski definition) is 1. The summed E-state index contributed by atoms with van der Waals surface area (Å²) in [6, 6.07) is 2.89. The zero-order chi connectivity index (χ0) is 8.43. The van der Waals surface area contributed by atoms with Gasteiger partial charge in [0.05, 0.1) is 9.53 Å². The van der Waals surface area contributed by atoms with Crippen molar-refractivity contribution in [2.45, 2.75) is 0 Å². The fourth-order valence-electron chi connectivity index (χ4n) is 0.586. The number of hydrogen-bond acceptors (Lipinski definition) is 3. The fourth-order valence-corrected chi connectivity index (χ4v) is 1.30. The normalized spacial score (nSPS) is 9.55. The minimum Gasteiger partial charge on any atom is -0.335 e. The van der Waals surface area contributed by atoms with Crippen molar-refractivity contribution in [3.05, 3.63) is 31.5 Å². The van der Waals surface area contributed by atoms with Gasteiger partial charge in [0.25, 0.3) is 0 Å². The Kier molecular flexibility index (Phi) is 2.35. The van der Waals surface area contributed by atoms with Gasteiger partial charge in [0, 0.05) is 6.07 Å². The molecule has 0 saturated heterocycles. The molecule has 0 aliphatic rings. The SMILES string of the molecule is O=[N+]([O-])c1ccc(Br)[nH]c1=S. The first kappa shape index (κ1) is 8.35. The number of halogens is 1. The Morgan fingerprint density at radius 3 is 2.73 bits per heavy atom. The summed E-state index contributed by atoms with van der Waals surface area (Å²) >= 11 is 7.79. The summed E-state index contributed by atoms with van der Waals surface area (Å²) in [5.41, 5.74) is -0.0804. The van der Waals surface area contributed by atoms with Gasteiger partial charge in [-0.1, -0.05) is 12.2 Å². The topological polar surface area (TPSA) is 58.9 Å². The first-order chi connectivity index (χ1) is 5.11. The molecule has 58 valence electrons. The molecule has 0 saturated carbocycles. The van der Waals surface area contributed by atoms with Gasteiger partial charge in [-0.25, -0.2) is 0 Å². The summed E-state index contributed by atoms with van der Waals surface area (Å²) in [6.07, 6.45) is 0. The highest BCUT2D eigenvalue weighted by molar-refractivity contribution is 9.10. The van der Waals surface area contributed by atoms with E-state index in [0.29, 0.717) is 4.60 Å². The van der Waals surface area contributed by atoms with Gasteiger partial charge >= 0.3 is 5.69 Å². The van der Waals surface area contributed by atoms with Crippen molar-refractivity contribution in [3.8, 4) is 0 Å². The van der Waals surface area contributed by atoms with E-state index in [1.807, 2.05) is 0 Å². The second kappa shape index (κ2) is 3.10. The number of pyridine rings is 1. The number of aromatic nitrogens is 1. The summed E-state index contributed by atoms with van der Waals surface area (Å²) < 4.78 is 0.762. The maximum Gasteiger partial charge on any atom is 0.303 e. The van der Waals surface area contributed by atoms with Crippen LogP contribution in [-0.2, 0) is 0 Å². The lowest BCUT2D eigenvalue weighted by molar-refractivity contribution is -0.385. The third kappa shape index (κ3) is 1.84. The number of H-pyrrole nitrogens is 1. The van der Waals surface area contributed by atoms with Gasteiger partial charge in [0.2, 0.25) is 0 Å². The van der Waals surface area contributed by atoms with E-state index in [2.05, 4.69) is 33.1 Å². The Morgan fingerprint density at radius 1 is 1.64 bits per heavy atom. The second-order valence-corrected chi connectivity index (χ2v) is 3.04. The molecule has 0 unspecified atom stereocenters. The molecule has 6 heteroatoms. The molecule has 1 aromatic heterocycles. The molecular weight excluding hydrogens is 232 g/mol. The van der Waals surface area contributed by atoms with Crippen molar-refractivity contribution in [2.75, 3.05) is 0 Å². The Labute approximate surface area is 75.5 Å². The fraction of sp³-hybridized carbons (Fsp3) is 0. The molecule has 0 aliphatic heterocycles. The Bertz CT molecular complexity index is 349. The van der Waals surface area contributed by atoms with Gasteiger partial charge < -0.3 is 4.98 Å². The zero-order valence-corrected chi connectivity index (χ0v) is 7.61. The van der Waals surface area contributed by atoms with Crippen LogP contribution in [0.3, 0.4) is 0 Å². The minimum absolute atomic E-state index is 0.0804. The molecule has 4 nitrogen and oxygen atoms in total. The molecule has 1 rings (SSSR count). The van der Waals surface area contributed by atoms with Gasteiger partial charge in [-0.3, -0.25) is 10.1 Å². The van der Waals surface area contributed by atoms with Crippen LogP contribution in [0.15, 0.2) is 16.7 Å². The first-order valence-corrected chi connectivity index (χ1v) is 3.84. The summed E-state index contributed by atoms with van der Waals surface area (Å²) in [7, 11) is 0. The van der Waals surface area contributed by atoms with E-state index in [9.17, 15) is 10.1 Å². The largest absolute Gasteiger partial charge is 0.335 e. The molecule has 0 amide bonds. The summed E-state index contributed by atoms with van der Waals surface area (Å²) in [6.45, 7) is 0. The van der Waals surface area contributed by atoms with E-state index < -0.39 is 4.92 Å². The molecule has 0 fully saturated rings. The molecular formula is C5H3BrN2O2S. The van der Waals surface area contributed by atoms with Crippen LogP contribution < -0.4 is 0 Å². The van der Waals surface area contributed by atoms with Crippen LogP contribution >= 0.6 is 28.1 Å². The van der Waals surface area contributed by atoms with Crippen molar-refractivity contribution in [3.63, 3.8) is 0 Å². The molecule has 0 bridgehead atoms. The summed E-state index contributed by atoms with van der Waals surface area (Å²) in [4.78, 5) is 12.3. The number of aromatic amines is 1. The minimum atomic E-state index is -0.523. The number of nitrogens with one attached hydrogen (secondary N) is 1. The van der Waals surface area contributed by atoms with Crippen molar-refractivity contribution >= 4 is 33.8 Å². The smallest absolute Gasteiger partial charge is 0.303 e. The zero-order valence-electron chi connectivity index (χ0n) is 5.20. The van der Waals surface area contributed by atoms with E-state index in [1.165, 1.54) is 12.1 Å². The lowest BCUT2D eigenvalue weighted by Crippen LogP contribution is -1.90. The van der Waals surface area contributed by atoms with Gasteiger partial charge in [-0.05, 0) is 22.0 Å². The highest BCUT2D eigenvalue weighted by Gasteiger charge is 2.06. The van der Waals surface area contributed by atoms with Gasteiger partial charge in [0.15, 0.2) is 4.64 Å². The molecule has 0 atom stereocenters. The quantitative estimate of drug-likeness (QED) is 0.352. The van der Waals surface area contributed by atoms with E-state index in [4.69, 9.17) is 0 Å². The van der Waals surface area contributed by atoms with Crippen molar-refractivity contribution < 1.29 is 4.92 Å². The van der Waals surface area contributed by atoms with Crippen molar-refractivity contribution in [2.24, 2.45) is 0 Å². The second-order valence-electron chi connectivity index (χ2n) is 1.78. The summed E-state index contributed by atoms with van der Waals surface area (Å²) in [5.74, 6) is 0. The maximum atomic E-state index is 10.2. The molecule has 11 heavy (non-hydrogen) atoms. The van der Waals surface area contributed by atoms with Crippen LogP contribution in [0, 0.1) is 14.8 Å². The van der Waals surface area contributed by atoms with Gasteiger partial charge in [0.1, 0.15) is 0 Å². The van der Waals surface area contributed by atoms with Crippen molar-refractivity contribution in [1.29, 1.82) is 0 Å². The Morgan fingerprint density at radius 2 is 2.27 bits per heavy atom. The van der Waals surface area contributed by atoms with Gasteiger partial charge in [-0.2, -0.15) is 0 Å². The monoisotopic (exact) mass is 234 g/mol. The standard InChI is InChI=1S/C5H3BrN2O2S/c6-4-2-1-3(8(9)10)5(11)7-4/h1-2H,(H,7,11). The lowest BCUT2D eigenvalue weighted by atomic mass is 10.4. The molecule has 0 aliphatic carbocycles. The van der Waals surface area contributed by atoms with Crippen LogP contribution in [0.4, 0.5) is 5.69 Å². The van der Waals surface area contributed by atoms with Crippen LogP contribution in [0.5, 0.6) is 0 Å². The molecule has 0 radical (unpaired) electrons. The van der Waals surface area contributed by atoms with E-state index in [1.54, 1.807) is 0 Å². The van der Waals surface area contributed by atoms with Crippen LogP contribution in [0.25, 0.3) is 0 Å². The molecule has 1 aromatic rings. The first-order valence-electron chi connectivity index (χ1n) is 2.64. The third-order valence-corrected chi connectivity index (χ3v) is 1.82. The van der Waals surface area contributed by atoms with Crippen LogP contribution in [-0.4, -0.2) is 9.91 Å². The Balaban J connectivity index is 3.32. The van der Waals surface area contributed by atoms with Crippen LogP contribution in [0.1, 0.15) is 0 Å².